The number of halogens is 1. The lowest BCUT2D eigenvalue weighted by Gasteiger charge is -2.45. The summed E-state index contributed by atoms with van der Waals surface area (Å²) in [5, 5.41) is 0. The fraction of sp³-hybridized carbons (Fsp3) is 0.562. The molecule has 3 rings (SSSR count). The molecule has 4 heteroatoms. The minimum Gasteiger partial charge on any atom is -0.368 e. The number of Topliss-reactive ketones (excluding diaryl/α,β-unsaturated/α-hetero) is 1. The number of anilines is 1. The Labute approximate surface area is 119 Å². The highest BCUT2D eigenvalue weighted by atomic mass is 19.1. The standard InChI is InChI=1S/C16H21FN2O/c1-12(20)15-10-13(17)5-6-16(15)19-9-8-18-7-3-2-4-14(18)11-19/h5-6,10,14H,2-4,7-9,11H2,1H3. The van der Waals surface area contributed by atoms with Crippen molar-refractivity contribution in [1.82, 2.24) is 4.90 Å². The molecule has 2 aliphatic rings. The number of piperazine rings is 1. The zero-order valence-corrected chi connectivity index (χ0v) is 11.9. The molecule has 0 amide bonds. The first-order chi connectivity index (χ1) is 9.65. The van der Waals surface area contributed by atoms with Gasteiger partial charge in [-0.1, -0.05) is 6.42 Å². The first-order valence-electron chi connectivity index (χ1n) is 7.44. The Morgan fingerprint density at radius 3 is 2.90 bits per heavy atom. The Hall–Kier alpha value is -1.42. The van der Waals surface area contributed by atoms with Crippen LogP contribution in [0.5, 0.6) is 0 Å². The van der Waals surface area contributed by atoms with Gasteiger partial charge in [-0.05, 0) is 44.5 Å². The van der Waals surface area contributed by atoms with Crippen LogP contribution in [0.2, 0.25) is 0 Å². The molecule has 2 aliphatic heterocycles. The molecule has 3 nitrogen and oxygen atoms in total. The van der Waals surface area contributed by atoms with E-state index in [1.807, 2.05) is 0 Å². The average molecular weight is 276 g/mol. The van der Waals surface area contributed by atoms with Crippen molar-refractivity contribution in [2.24, 2.45) is 0 Å². The van der Waals surface area contributed by atoms with E-state index in [4.69, 9.17) is 0 Å². The third-order valence-electron chi connectivity index (χ3n) is 4.52. The predicted molar refractivity (Wildman–Crippen MR) is 77.8 cm³/mol. The van der Waals surface area contributed by atoms with Crippen molar-refractivity contribution in [3.8, 4) is 0 Å². The van der Waals surface area contributed by atoms with Crippen molar-refractivity contribution >= 4 is 11.5 Å². The third-order valence-corrected chi connectivity index (χ3v) is 4.52. The smallest absolute Gasteiger partial charge is 0.161 e. The van der Waals surface area contributed by atoms with Gasteiger partial charge < -0.3 is 4.90 Å². The fourth-order valence-corrected chi connectivity index (χ4v) is 3.44. The average Bonchev–Trinajstić information content (AvgIpc) is 2.46. The van der Waals surface area contributed by atoms with Crippen LogP contribution in [0, 0.1) is 5.82 Å². The fourth-order valence-electron chi connectivity index (χ4n) is 3.44. The molecule has 2 fully saturated rings. The first-order valence-corrected chi connectivity index (χ1v) is 7.44. The van der Waals surface area contributed by atoms with Gasteiger partial charge in [-0.3, -0.25) is 9.69 Å². The van der Waals surface area contributed by atoms with Crippen molar-refractivity contribution in [3.63, 3.8) is 0 Å². The second-order valence-corrected chi connectivity index (χ2v) is 5.85. The van der Waals surface area contributed by atoms with Gasteiger partial charge in [0, 0.05) is 36.9 Å². The molecule has 108 valence electrons. The van der Waals surface area contributed by atoms with Gasteiger partial charge in [-0.25, -0.2) is 4.39 Å². The lowest BCUT2D eigenvalue weighted by atomic mass is 9.98. The van der Waals surface area contributed by atoms with E-state index in [2.05, 4.69) is 9.80 Å². The molecule has 2 heterocycles. The molecule has 0 aliphatic carbocycles. The number of fused-ring (bicyclic) bond motifs is 1. The highest BCUT2D eigenvalue weighted by Crippen LogP contribution is 2.28. The summed E-state index contributed by atoms with van der Waals surface area (Å²) >= 11 is 0. The van der Waals surface area contributed by atoms with Crippen LogP contribution in [0.25, 0.3) is 0 Å². The summed E-state index contributed by atoms with van der Waals surface area (Å²) in [5.41, 5.74) is 1.40. The van der Waals surface area contributed by atoms with Gasteiger partial charge in [0.15, 0.2) is 5.78 Å². The summed E-state index contributed by atoms with van der Waals surface area (Å²) in [6.07, 6.45) is 3.82. The quantitative estimate of drug-likeness (QED) is 0.776. The van der Waals surface area contributed by atoms with E-state index in [1.54, 1.807) is 6.07 Å². The molecule has 1 atom stereocenters. The number of carbonyl (C=O) groups is 1. The normalized spacial score (nSPS) is 23.5. The van der Waals surface area contributed by atoms with E-state index in [-0.39, 0.29) is 11.6 Å². The Balaban J connectivity index is 1.84. The summed E-state index contributed by atoms with van der Waals surface area (Å²) < 4.78 is 13.4. The SMILES string of the molecule is CC(=O)c1cc(F)ccc1N1CCN2CCCCC2C1. The molecule has 1 unspecified atom stereocenters. The van der Waals surface area contributed by atoms with Gasteiger partial charge in [-0.2, -0.15) is 0 Å². The van der Waals surface area contributed by atoms with Crippen LogP contribution in [0.3, 0.4) is 0 Å². The van der Waals surface area contributed by atoms with Gasteiger partial charge >= 0.3 is 0 Å². The van der Waals surface area contributed by atoms with Crippen molar-refractivity contribution in [3.05, 3.63) is 29.6 Å². The molecule has 0 radical (unpaired) electrons. The summed E-state index contributed by atoms with van der Waals surface area (Å²) in [7, 11) is 0. The zero-order chi connectivity index (χ0) is 14.1. The van der Waals surface area contributed by atoms with Gasteiger partial charge in [0.05, 0.1) is 0 Å². The van der Waals surface area contributed by atoms with E-state index in [0.29, 0.717) is 11.6 Å². The van der Waals surface area contributed by atoms with E-state index >= 15 is 0 Å². The van der Waals surface area contributed by atoms with Gasteiger partial charge in [0.1, 0.15) is 5.82 Å². The van der Waals surface area contributed by atoms with Crippen LogP contribution in [0.4, 0.5) is 10.1 Å². The Bertz CT molecular complexity index is 517. The van der Waals surface area contributed by atoms with E-state index < -0.39 is 0 Å². The van der Waals surface area contributed by atoms with Crippen molar-refractivity contribution in [2.75, 3.05) is 31.1 Å². The Morgan fingerprint density at radius 2 is 2.10 bits per heavy atom. The van der Waals surface area contributed by atoms with Crippen LogP contribution < -0.4 is 4.90 Å². The largest absolute Gasteiger partial charge is 0.368 e. The molecule has 0 bridgehead atoms. The van der Waals surface area contributed by atoms with Crippen molar-refractivity contribution in [1.29, 1.82) is 0 Å². The van der Waals surface area contributed by atoms with Crippen LogP contribution in [0.15, 0.2) is 18.2 Å². The van der Waals surface area contributed by atoms with Crippen molar-refractivity contribution in [2.45, 2.75) is 32.2 Å². The van der Waals surface area contributed by atoms with Gasteiger partial charge in [0.2, 0.25) is 0 Å². The first kappa shape index (κ1) is 13.6. The monoisotopic (exact) mass is 276 g/mol. The van der Waals surface area contributed by atoms with Crippen LogP contribution in [-0.4, -0.2) is 42.9 Å². The van der Waals surface area contributed by atoms with Gasteiger partial charge in [-0.15, -0.1) is 0 Å². The number of piperidine rings is 1. The van der Waals surface area contributed by atoms with E-state index in [0.717, 1.165) is 25.3 Å². The molecular formula is C16H21FN2O. The maximum Gasteiger partial charge on any atom is 0.161 e. The number of hydrogen-bond donors (Lipinski definition) is 0. The molecule has 20 heavy (non-hydrogen) atoms. The summed E-state index contributed by atoms with van der Waals surface area (Å²) in [6, 6.07) is 5.16. The Morgan fingerprint density at radius 1 is 1.25 bits per heavy atom. The molecule has 0 N–H and O–H groups in total. The number of nitrogens with zero attached hydrogens (tertiary/aromatic N) is 2. The Kier molecular flexibility index (Phi) is 3.74. The van der Waals surface area contributed by atoms with Gasteiger partial charge in [0.25, 0.3) is 0 Å². The minimum absolute atomic E-state index is 0.0643. The van der Waals surface area contributed by atoms with Crippen LogP contribution >= 0.6 is 0 Å². The minimum atomic E-state index is -0.338. The van der Waals surface area contributed by atoms with E-state index in [1.165, 1.54) is 44.9 Å². The topological polar surface area (TPSA) is 23.6 Å². The molecule has 2 saturated heterocycles. The van der Waals surface area contributed by atoms with E-state index in [9.17, 15) is 9.18 Å². The number of rotatable bonds is 2. The number of carbonyl (C=O) groups excluding carboxylic acids is 1. The summed E-state index contributed by atoms with van der Waals surface area (Å²) in [6.45, 7) is 5.62. The second kappa shape index (κ2) is 5.52. The summed E-state index contributed by atoms with van der Waals surface area (Å²) in [5.74, 6) is -0.402. The molecular weight excluding hydrogens is 255 g/mol. The predicted octanol–water partition coefficient (Wildman–Crippen LogP) is 2.70. The zero-order valence-electron chi connectivity index (χ0n) is 11.9. The lowest BCUT2D eigenvalue weighted by molar-refractivity contribution is 0.101. The molecule has 0 spiro atoms. The van der Waals surface area contributed by atoms with Crippen LogP contribution in [0.1, 0.15) is 36.5 Å². The number of ketones is 1. The highest BCUT2D eigenvalue weighted by molar-refractivity contribution is 5.99. The maximum absolute atomic E-state index is 13.4. The molecule has 1 aromatic rings. The lowest BCUT2D eigenvalue weighted by Crippen LogP contribution is -2.55. The molecule has 0 saturated carbocycles. The molecule has 1 aromatic carbocycles. The molecule has 0 aromatic heterocycles. The number of hydrogen-bond acceptors (Lipinski definition) is 3. The van der Waals surface area contributed by atoms with Crippen LogP contribution in [-0.2, 0) is 0 Å². The highest BCUT2D eigenvalue weighted by Gasteiger charge is 2.30. The second-order valence-electron chi connectivity index (χ2n) is 5.85. The number of benzene rings is 1. The maximum atomic E-state index is 13.4. The summed E-state index contributed by atoms with van der Waals surface area (Å²) in [4.78, 5) is 16.5. The third kappa shape index (κ3) is 2.57. The van der Waals surface area contributed by atoms with Crippen molar-refractivity contribution < 1.29 is 9.18 Å².